The zero-order chi connectivity index (χ0) is 12.5. The monoisotopic (exact) mass is 270 g/mol. The lowest BCUT2D eigenvalue weighted by molar-refractivity contribution is 0.593. The zero-order valence-electron chi connectivity index (χ0n) is 9.14. The first-order valence-corrected chi connectivity index (χ1v) is 7.09. The summed E-state index contributed by atoms with van der Waals surface area (Å²) in [6, 6.07) is 7.01. The van der Waals surface area contributed by atoms with Crippen molar-refractivity contribution in [1.29, 1.82) is 0 Å². The molecule has 1 aromatic carbocycles. The molecule has 1 aromatic heterocycles. The van der Waals surface area contributed by atoms with Gasteiger partial charge in [-0.1, -0.05) is 30.7 Å². The summed E-state index contributed by atoms with van der Waals surface area (Å²) >= 11 is 5.88. The minimum absolute atomic E-state index is 0.0305. The summed E-state index contributed by atoms with van der Waals surface area (Å²) in [4.78, 5) is 0. The fourth-order valence-electron chi connectivity index (χ4n) is 1.52. The van der Waals surface area contributed by atoms with Gasteiger partial charge in [-0.15, -0.1) is 0 Å². The van der Waals surface area contributed by atoms with E-state index in [0.29, 0.717) is 10.6 Å². The zero-order valence-corrected chi connectivity index (χ0v) is 10.7. The molecule has 2 rings (SSSR count). The van der Waals surface area contributed by atoms with Crippen molar-refractivity contribution < 1.29 is 8.42 Å². The van der Waals surface area contributed by atoms with Crippen LogP contribution in [0.1, 0.15) is 6.92 Å². The normalized spacial score (nSPS) is 11.6. The van der Waals surface area contributed by atoms with Crippen LogP contribution in [0.15, 0.2) is 35.5 Å². The van der Waals surface area contributed by atoms with Gasteiger partial charge in [0.25, 0.3) is 0 Å². The van der Waals surface area contributed by atoms with Gasteiger partial charge < -0.3 is 0 Å². The smallest absolute Gasteiger partial charge is 0.195 e. The molecule has 1 N–H and O–H groups in total. The van der Waals surface area contributed by atoms with Gasteiger partial charge in [0.2, 0.25) is 0 Å². The second-order valence-electron chi connectivity index (χ2n) is 3.53. The molecule has 0 aliphatic rings. The molecule has 0 fully saturated rings. The molecule has 0 unspecified atom stereocenters. The number of rotatable bonds is 3. The van der Waals surface area contributed by atoms with Crippen molar-refractivity contribution >= 4 is 21.4 Å². The predicted octanol–water partition coefficient (Wildman–Crippen LogP) is 2.52. The van der Waals surface area contributed by atoms with Gasteiger partial charge in [0.15, 0.2) is 14.9 Å². The highest BCUT2D eigenvalue weighted by molar-refractivity contribution is 7.91. The summed E-state index contributed by atoms with van der Waals surface area (Å²) in [5.74, 6) is 0.0305. The minimum atomic E-state index is -3.31. The van der Waals surface area contributed by atoms with E-state index >= 15 is 0 Å². The van der Waals surface area contributed by atoms with Crippen LogP contribution in [0, 0.1) is 0 Å². The van der Waals surface area contributed by atoms with Crippen molar-refractivity contribution in [1.82, 2.24) is 10.2 Å². The quantitative estimate of drug-likeness (QED) is 0.932. The van der Waals surface area contributed by atoms with Crippen LogP contribution in [-0.4, -0.2) is 24.4 Å². The van der Waals surface area contributed by atoms with E-state index < -0.39 is 9.84 Å². The third-order valence-electron chi connectivity index (χ3n) is 2.43. The fourth-order valence-corrected chi connectivity index (χ4v) is 2.69. The van der Waals surface area contributed by atoms with Crippen molar-refractivity contribution in [3.8, 4) is 11.1 Å². The highest BCUT2D eigenvalue weighted by Crippen LogP contribution is 2.27. The van der Waals surface area contributed by atoms with Gasteiger partial charge >= 0.3 is 0 Å². The molecular weight excluding hydrogens is 260 g/mol. The summed E-state index contributed by atoms with van der Waals surface area (Å²) in [6.07, 6.45) is 1.49. The number of aromatic nitrogens is 2. The molecule has 0 bridgehead atoms. The average Bonchev–Trinajstić information content (AvgIpc) is 2.78. The molecule has 17 heavy (non-hydrogen) atoms. The molecule has 0 aliphatic carbocycles. The van der Waals surface area contributed by atoms with Gasteiger partial charge in [0.1, 0.15) is 0 Å². The van der Waals surface area contributed by atoms with Crippen LogP contribution in [0.5, 0.6) is 0 Å². The lowest BCUT2D eigenvalue weighted by Gasteiger charge is -2.03. The molecule has 6 heteroatoms. The number of sulfone groups is 1. The Morgan fingerprint density at radius 3 is 2.82 bits per heavy atom. The van der Waals surface area contributed by atoms with E-state index in [2.05, 4.69) is 10.2 Å². The highest BCUT2D eigenvalue weighted by Gasteiger charge is 2.19. The summed E-state index contributed by atoms with van der Waals surface area (Å²) in [5.41, 5.74) is 1.28. The van der Waals surface area contributed by atoms with Crippen LogP contribution in [0.2, 0.25) is 5.02 Å². The van der Waals surface area contributed by atoms with Gasteiger partial charge in [0.05, 0.1) is 11.9 Å². The van der Waals surface area contributed by atoms with Gasteiger partial charge in [-0.25, -0.2) is 8.42 Å². The number of halogens is 1. The average molecular weight is 271 g/mol. The van der Waals surface area contributed by atoms with E-state index in [4.69, 9.17) is 11.6 Å². The Kier molecular flexibility index (Phi) is 3.22. The third kappa shape index (κ3) is 2.35. The number of H-pyrrole nitrogens is 1. The lowest BCUT2D eigenvalue weighted by Crippen LogP contribution is -2.05. The molecule has 0 saturated heterocycles. The van der Waals surface area contributed by atoms with Crippen molar-refractivity contribution in [3.05, 3.63) is 35.5 Å². The number of benzene rings is 1. The van der Waals surface area contributed by atoms with Crippen LogP contribution in [0.3, 0.4) is 0 Å². The van der Waals surface area contributed by atoms with E-state index in [1.54, 1.807) is 31.2 Å². The second-order valence-corrected chi connectivity index (χ2v) is 6.18. The number of hydrogen-bond donors (Lipinski definition) is 1. The number of aromatic amines is 1. The molecular formula is C11H11ClN2O2S. The molecule has 1 heterocycles. The second kappa shape index (κ2) is 4.50. The van der Waals surface area contributed by atoms with Crippen molar-refractivity contribution in [2.45, 2.75) is 11.9 Å². The first kappa shape index (κ1) is 12.1. The Bertz CT molecular complexity index is 634. The maximum Gasteiger partial charge on any atom is 0.195 e. The van der Waals surface area contributed by atoms with E-state index in [1.807, 2.05) is 0 Å². The van der Waals surface area contributed by atoms with Crippen molar-refractivity contribution in [2.24, 2.45) is 0 Å². The lowest BCUT2D eigenvalue weighted by atomic mass is 10.1. The van der Waals surface area contributed by atoms with Gasteiger partial charge in [-0.3, -0.25) is 5.10 Å². The third-order valence-corrected chi connectivity index (χ3v) is 4.36. The fraction of sp³-hybridized carbons (Fsp3) is 0.182. The molecule has 0 aliphatic heterocycles. The topological polar surface area (TPSA) is 62.8 Å². The maximum absolute atomic E-state index is 11.8. The SMILES string of the molecule is CCS(=O)(=O)c1[nH]ncc1-c1cccc(Cl)c1. The maximum atomic E-state index is 11.8. The van der Waals surface area contributed by atoms with Crippen LogP contribution in [0.25, 0.3) is 11.1 Å². The molecule has 4 nitrogen and oxygen atoms in total. The van der Waals surface area contributed by atoms with Crippen LogP contribution in [-0.2, 0) is 9.84 Å². The van der Waals surface area contributed by atoms with E-state index in [-0.39, 0.29) is 10.8 Å². The Hall–Kier alpha value is -1.33. The Labute approximate surface area is 105 Å². The molecule has 2 aromatic rings. The largest absolute Gasteiger partial charge is 0.267 e. The van der Waals surface area contributed by atoms with Gasteiger partial charge in [-0.2, -0.15) is 5.10 Å². The van der Waals surface area contributed by atoms with Crippen LogP contribution < -0.4 is 0 Å². The first-order valence-electron chi connectivity index (χ1n) is 5.06. The summed E-state index contributed by atoms with van der Waals surface area (Å²) in [6.45, 7) is 1.60. The first-order chi connectivity index (χ1) is 8.04. The molecule has 0 saturated carbocycles. The molecule has 0 radical (unpaired) electrons. The molecule has 0 amide bonds. The number of hydrogen-bond acceptors (Lipinski definition) is 3. The Morgan fingerprint density at radius 2 is 2.18 bits per heavy atom. The highest BCUT2D eigenvalue weighted by atomic mass is 35.5. The van der Waals surface area contributed by atoms with Gasteiger partial charge in [0, 0.05) is 10.6 Å². The van der Waals surface area contributed by atoms with Gasteiger partial charge in [-0.05, 0) is 17.7 Å². The van der Waals surface area contributed by atoms with Crippen molar-refractivity contribution in [3.63, 3.8) is 0 Å². The summed E-state index contributed by atoms with van der Waals surface area (Å²) < 4.78 is 23.7. The molecule has 90 valence electrons. The summed E-state index contributed by atoms with van der Waals surface area (Å²) in [7, 11) is -3.31. The Morgan fingerprint density at radius 1 is 1.41 bits per heavy atom. The van der Waals surface area contributed by atoms with E-state index in [1.165, 1.54) is 6.20 Å². The van der Waals surface area contributed by atoms with E-state index in [0.717, 1.165) is 5.56 Å². The summed E-state index contributed by atoms with van der Waals surface area (Å²) in [5, 5.41) is 7.03. The minimum Gasteiger partial charge on any atom is -0.267 e. The van der Waals surface area contributed by atoms with Crippen LogP contribution in [0.4, 0.5) is 0 Å². The standard InChI is InChI=1S/C11H11ClN2O2S/c1-2-17(15,16)11-10(7-13-14-11)8-4-3-5-9(12)6-8/h3-7H,2H2,1H3,(H,13,14). The molecule has 0 atom stereocenters. The molecule has 0 spiro atoms. The van der Waals surface area contributed by atoms with Crippen LogP contribution >= 0.6 is 11.6 Å². The number of nitrogens with one attached hydrogen (secondary N) is 1. The van der Waals surface area contributed by atoms with E-state index in [9.17, 15) is 8.42 Å². The van der Waals surface area contributed by atoms with Crippen molar-refractivity contribution in [2.75, 3.05) is 5.75 Å². The predicted molar refractivity (Wildman–Crippen MR) is 66.8 cm³/mol. The Balaban J connectivity index is 2.59. The number of nitrogens with zero attached hydrogens (tertiary/aromatic N) is 1.